The average molecular weight is 295 g/mol. The molecule has 3 aromatic heterocycles. The second-order valence-electron chi connectivity index (χ2n) is 5.37. The molecule has 112 valence electrons. The fourth-order valence-electron chi connectivity index (χ4n) is 2.79. The van der Waals surface area contributed by atoms with Crippen LogP contribution >= 0.6 is 0 Å². The van der Waals surface area contributed by atoms with Gasteiger partial charge in [-0.25, -0.2) is 19.5 Å². The van der Waals surface area contributed by atoms with E-state index in [9.17, 15) is 0 Å². The van der Waals surface area contributed by atoms with Crippen molar-refractivity contribution in [1.82, 2.24) is 29.5 Å². The molecule has 0 N–H and O–H groups in total. The van der Waals surface area contributed by atoms with E-state index in [1.54, 1.807) is 12.4 Å². The standard InChI is InChI=1S/C15H17N7/c1-3-17-15(18-4-1)21-9-7-20(8-10-21)12-13-11-19-22-6-2-5-16-14(13)22/h1-6,11H,7-10,12H2. The second kappa shape index (κ2) is 5.69. The van der Waals surface area contributed by atoms with E-state index in [1.807, 2.05) is 35.2 Å². The van der Waals surface area contributed by atoms with Gasteiger partial charge in [-0.1, -0.05) is 0 Å². The van der Waals surface area contributed by atoms with Crippen LogP contribution in [0.1, 0.15) is 5.56 Å². The largest absolute Gasteiger partial charge is 0.338 e. The Kier molecular flexibility index (Phi) is 3.40. The van der Waals surface area contributed by atoms with Crippen molar-refractivity contribution in [1.29, 1.82) is 0 Å². The molecule has 1 aliphatic heterocycles. The van der Waals surface area contributed by atoms with E-state index in [0.717, 1.165) is 44.3 Å². The molecule has 0 saturated carbocycles. The molecule has 0 bridgehead atoms. The lowest BCUT2D eigenvalue weighted by Crippen LogP contribution is -2.46. The van der Waals surface area contributed by atoms with Crippen LogP contribution in [0.5, 0.6) is 0 Å². The van der Waals surface area contributed by atoms with Crippen LogP contribution in [0.25, 0.3) is 5.65 Å². The predicted molar refractivity (Wildman–Crippen MR) is 82.5 cm³/mol. The van der Waals surface area contributed by atoms with Crippen LogP contribution in [0.4, 0.5) is 5.95 Å². The van der Waals surface area contributed by atoms with E-state index >= 15 is 0 Å². The van der Waals surface area contributed by atoms with Crippen molar-refractivity contribution in [3.05, 3.63) is 48.7 Å². The van der Waals surface area contributed by atoms with E-state index < -0.39 is 0 Å². The highest BCUT2D eigenvalue weighted by atomic mass is 15.3. The summed E-state index contributed by atoms with van der Waals surface area (Å²) in [7, 11) is 0. The Labute approximate surface area is 128 Å². The summed E-state index contributed by atoms with van der Waals surface area (Å²) in [6.07, 6.45) is 9.23. The fraction of sp³-hybridized carbons (Fsp3) is 0.333. The molecular weight excluding hydrogens is 278 g/mol. The molecule has 3 aromatic rings. The van der Waals surface area contributed by atoms with Crippen molar-refractivity contribution in [3.63, 3.8) is 0 Å². The summed E-state index contributed by atoms with van der Waals surface area (Å²) in [4.78, 5) is 17.7. The van der Waals surface area contributed by atoms with E-state index in [2.05, 4.69) is 29.9 Å². The predicted octanol–water partition coefficient (Wildman–Crippen LogP) is 0.841. The monoisotopic (exact) mass is 295 g/mol. The smallest absolute Gasteiger partial charge is 0.225 e. The van der Waals surface area contributed by atoms with Gasteiger partial charge < -0.3 is 4.90 Å². The maximum Gasteiger partial charge on any atom is 0.225 e. The zero-order valence-corrected chi connectivity index (χ0v) is 12.2. The van der Waals surface area contributed by atoms with Crippen LogP contribution in [0.3, 0.4) is 0 Å². The molecule has 0 atom stereocenters. The van der Waals surface area contributed by atoms with Crippen molar-refractivity contribution in [2.24, 2.45) is 0 Å². The van der Waals surface area contributed by atoms with Crippen molar-refractivity contribution in [2.75, 3.05) is 31.1 Å². The molecule has 1 aliphatic rings. The van der Waals surface area contributed by atoms with Gasteiger partial charge in [0.1, 0.15) is 0 Å². The summed E-state index contributed by atoms with van der Waals surface area (Å²) in [6.45, 7) is 4.74. The van der Waals surface area contributed by atoms with Crippen molar-refractivity contribution >= 4 is 11.6 Å². The fourth-order valence-corrected chi connectivity index (χ4v) is 2.79. The van der Waals surface area contributed by atoms with Crippen LogP contribution in [0.15, 0.2) is 43.1 Å². The number of nitrogens with zero attached hydrogens (tertiary/aromatic N) is 7. The van der Waals surface area contributed by atoms with Gasteiger partial charge in [0.2, 0.25) is 5.95 Å². The maximum absolute atomic E-state index is 4.41. The van der Waals surface area contributed by atoms with Gasteiger partial charge in [-0.15, -0.1) is 0 Å². The molecule has 7 heteroatoms. The number of hydrogen-bond acceptors (Lipinski definition) is 6. The molecule has 0 spiro atoms. The van der Waals surface area contributed by atoms with Crippen molar-refractivity contribution in [3.8, 4) is 0 Å². The number of aromatic nitrogens is 5. The van der Waals surface area contributed by atoms with E-state index in [1.165, 1.54) is 5.56 Å². The van der Waals surface area contributed by atoms with Gasteiger partial charge >= 0.3 is 0 Å². The number of piperazine rings is 1. The minimum Gasteiger partial charge on any atom is -0.338 e. The third-order valence-corrected chi connectivity index (χ3v) is 3.95. The minimum absolute atomic E-state index is 0.819. The number of anilines is 1. The number of fused-ring (bicyclic) bond motifs is 1. The van der Waals surface area contributed by atoms with Gasteiger partial charge in [0.25, 0.3) is 0 Å². The lowest BCUT2D eigenvalue weighted by Gasteiger charge is -2.34. The Bertz CT molecular complexity index is 747. The third kappa shape index (κ3) is 2.50. The molecule has 1 fully saturated rings. The lowest BCUT2D eigenvalue weighted by molar-refractivity contribution is 0.249. The Morgan fingerprint density at radius 1 is 0.909 bits per heavy atom. The molecule has 1 saturated heterocycles. The first-order chi connectivity index (χ1) is 10.9. The van der Waals surface area contributed by atoms with Gasteiger partial charge in [-0.05, 0) is 12.1 Å². The molecular formula is C15H17N7. The third-order valence-electron chi connectivity index (χ3n) is 3.95. The summed E-state index contributed by atoms with van der Waals surface area (Å²) < 4.78 is 1.82. The SMILES string of the molecule is c1cnc(N2CCN(Cc3cnn4cccnc34)CC2)nc1. The second-order valence-corrected chi connectivity index (χ2v) is 5.37. The van der Waals surface area contributed by atoms with Crippen LogP contribution < -0.4 is 4.90 Å². The van der Waals surface area contributed by atoms with Gasteiger partial charge in [0.15, 0.2) is 5.65 Å². The first-order valence-electron chi connectivity index (χ1n) is 7.42. The zero-order chi connectivity index (χ0) is 14.8. The van der Waals surface area contributed by atoms with Crippen molar-refractivity contribution < 1.29 is 0 Å². The molecule has 7 nitrogen and oxygen atoms in total. The molecule has 0 aromatic carbocycles. The van der Waals surface area contributed by atoms with Crippen LogP contribution in [-0.2, 0) is 6.54 Å². The quantitative estimate of drug-likeness (QED) is 0.713. The van der Waals surface area contributed by atoms with Gasteiger partial charge in [0, 0.05) is 63.1 Å². The Hall–Kier alpha value is -2.54. The lowest BCUT2D eigenvalue weighted by atomic mass is 10.2. The molecule has 0 unspecified atom stereocenters. The highest BCUT2D eigenvalue weighted by molar-refractivity contribution is 5.45. The Morgan fingerprint density at radius 2 is 1.68 bits per heavy atom. The Balaban J connectivity index is 1.42. The first-order valence-corrected chi connectivity index (χ1v) is 7.42. The first kappa shape index (κ1) is 13.1. The molecule has 0 radical (unpaired) electrons. The summed E-state index contributed by atoms with van der Waals surface area (Å²) >= 11 is 0. The van der Waals surface area contributed by atoms with E-state index in [4.69, 9.17) is 0 Å². The summed E-state index contributed by atoms with van der Waals surface area (Å²) in [5.41, 5.74) is 2.11. The average Bonchev–Trinajstić information content (AvgIpc) is 3.00. The highest BCUT2D eigenvalue weighted by Gasteiger charge is 2.19. The van der Waals surface area contributed by atoms with E-state index in [0.29, 0.717) is 0 Å². The van der Waals surface area contributed by atoms with Crippen molar-refractivity contribution in [2.45, 2.75) is 6.54 Å². The normalized spacial score (nSPS) is 16.3. The number of hydrogen-bond donors (Lipinski definition) is 0. The molecule has 0 amide bonds. The molecule has 4 heterocycles. The van der Waals surface area contributed by atoms with Crippen LogP contribution in [-0.4, -0.2) is 55.6 Å². The van der Waals surface area contributed by atoms with Gasteiger partial charge in [-0.3, -0.25) is 4.90 Å². The van der Waals surface area contributed by atoms with Crippen LogP contribution in [0, 0.1) is 0 Å². The summed E-state index contributed by atoms with van der Waals surface area (Å²) in [6, 6.07) is 3.74. The van der Waals surface area contributed by atoms with Gasteiger partial charge in [-0.2, -0.15) is 5.10 Å². The molecule has 0 aliphatic carbocycles. The highest BCUT2D eigenvalue weighted by Crippen LogP contribution is 2.14. The number of rotatable bonds is 3. The van der Waals surface area contributed by atoms with Crippen LogP contribution in [0.2, 0.25) is 0 Å². The summed E-state index contributed by atoms with van der Waals surface area (Å²) in [5, 5.41) is 4.34. The minimum atomic E-state index is 0.819. The summed E-state index contributed by atoms with van der Waals surface area (Å²) in [5.74, 6) is 0.819. The Morgan fingerprint density at radius 3 is 2.50 bits per heavy atom. The topological polar surface area (TPSA) is 62.5 Å². The zero-order valence-electron chi connectivity index (χ0n) is 12.2. The van der Waals surface area contributed by atoms with Gasteiger partial charge in [0.05, 0.1) is 6.20 Å². The molecule has 22 heavy (non-hydrogen) atoms. The molecule has 4 rings (SSSR count). The van der Waals surface area contributed by atoms with E-state index in [-0.39, 0.29) is 0 Å². The maximum atomic E-state index is 4.41.